The van der Waals surface area contributed by atoms with E-state index in [1.54, 1.807) is 0 Å². The number of aliphatic carboxylic acids is 1. The van der Waals surface area contributed by atoms with Gasteiger partial charge >= 0.3 is 5.97 Å². The second-order valence-electron chi connectivity index (χ2n) is 3.35. The van der Waals surface area contributed by atoms with Crippen LogP contribution in [0.25, 0.3) is 0 Å². The molecule has 0 saturated heterocycles. The summed E-state index contributed by atoms with van der Waals surface area (Å²) in [5.41, 5.74) is 0. The molecule has 7 heteroatoms. The van der Waals surface area contributed by atoms with Crippen molar-refractivity contribution in [3.8, 4) is 0 Å². The molecule has 0 aromatic carbocycles. The summed E-state index contributed by atoms with van der Waals surface area (Å²) in [5.74, 6) is -1.06. The average Bonchev–Trinajstić information content (AvgIpc) is 2.02. The molecule has 0 rings (SSSR count). The van der Waals surface area contributed by atoms with Gasteiger partial charge in [-0.25, -0.2) is 4.72 Å². The number of hydrogen-bond acceptors (Lipinski definition) is 3. The third-order valence-corrected chi connectivity index (χ3v) is 2.70. The zero-order valence-corrected chi connectivity index (χ0v) is 9.26. The first-order chi connectivity index (χ1) is 6.28. The molecule has 0 aliphatic rings. The van der Waals surface area contributed by atoms with E-state index >= 15 is 0 Å². The van der Waals surface area contributed by atoms with Gasteiger partial charge in [0.2, 0.25) is 0 Å². The van der Waals surface area contributed by atoms with Gasteiger partial charge in [-0.1, -0.05) is 13.8 Å². The number of nitrogens with one attached hydrogen (secondary N) is 2. The second kappa shape index (κ2) is 5.28. The summed E-state index contributed by atoms with van der Waals surface area (Å²) >= 11 is 0. The summed E-state index contributed by atoms with van der Waals surface area (Å²) < 4.78 is 26.1. The van der Waals surface area contributed by atoms with Gasteiger partial charge in [0.05, 0.1) is 0 Å². The van der Waals surface area contributed by atoms with Crippen LogP contribution in [0.5, 0.6) is 0 Å². The van der Waals surface area contributed by atoms with Crippen LogP contribution in [-0.4, -0.2) is 32.6 Å². The molecule has 84 valence electrons. The van der Waals surface area contributed by atoms with E-state index < -0.39 is 22.2 Å². The summed E-state index contributed by atoms with van der Waals surface area (Å²) in [7, 11) is -2.47. The molecule has 0 amide bonds. The molecule has 6 nitrogen and oxygen atoms in total. The van der Waals surface area contributed by atoms with Crippen LogP contribution >= 0.6 is 0 Å². The molecule has 0 aromatic rings. The molecule has 3 N–H and O–H groups in total. The Morgan fingerprint density at radius 3 is 2.21 bits per heavy atom. The normalized spacial score (nSPS) is 14.3. The minimum atomic E-state index is -3.69. The van der Waals surface area contributed by atoms with E-state index in [2.05, 4.69) is 0 Å². The predicted octanol–water partition coefficient (Wildman–Crippen LogP) is -0.461. The van der Waals surface area contributed by atoms with E-state index in [9.17, 15) is 13.2 Å². The van der Waals surface area contributed by atoms with Crippen molar-refractivity contribution in [2.75, 3.05) is 7.05 Å². The van der Waals surface area contributed by atoms with Crippen molar-refractivity contribution in [3.05, 3.63) is 0 Å². The quantitative estimate of drug-likeness (QED) is 0.569. The third-order valence-electron chi connectivity index (χ3n) is 1.57. The van der Waals surface area contributed by atoms with E-state index in [-0.39, 0.29) is 12.3 Å². The number of carboxylic acid groups (broad SMARTS) is 1. The van der Waals surface area contributed by atoms with Gasteiger partial charge in [-0.15, -0.1) is 0 Å². The molecular weight excluding hydrogens is 208 g/mol. The SMILES string of the molecule is CNS(=O)(=O)N[C@@H](CC(C)C)C(=O)O. The fraction of sp³-hybridized carbons (Fsp3) is 0.857. The summed E-state index contributed by atoms with van der Waals surface area (Å²) in [6.45, 7) is 3.65. The van der Waals surface area contributed by atoms with Crippen molar-refractivity contribution in [2.24, 2.45) is 5.92 Å². The van der Waals surface area contributed by atoms with E-state index in [1.165, 1.54) is 7.05 Å². The number of carboxylic acids is 1. The van der Waals surface area contributed by atoms with Crippen LogP contribution < -0.4 is 9.44 Å². The first-order valence-corrected chi connectivity index (χ1v) is 5.70. The van der Waals surface area contributed by atoms with Crippen molar-refractivity contribution >= 4 is 16.2 Å². The standard InChI is InChI=1S/C7H16N2O4S/c1-5(2)4-6(7(10)11)9-14(12,13)8-3/h5-6,8-9H,4H2,1-3H3,(H,10,11)/t6-/m0/s1. The van der Waals surface area contributed by atoms with Gasteiger partial charge in [0.25, 0.3) is 10.2 Å². The predicted molar refractivity (Wildman–Crippen MR) is 52.0 cm³/mol. The Labute approximate surface area is 83.9 Å². The Bertz CT molecular complexity index is 286. The lowest BCUT2D eigenvalue weighted by atomic mass is 10.1. The zero-order valence-electron chi connectivity index (χ0n) is 8.44. The molecule has 1 atom stereocenters. The van der Waals surface area contributed by atoms with Crippen LogP contribution in [0.4, 0.5) is 0 Å². The van der Waals surface area contributed by atoms with Gasteiger partial charge in [0.1, 0.15) is 6.04 Å². The molecule has 0 spiro atoms. The molecule has 0 aromatic heterocycles. The highest BCUT2D eigenvalue weighted by molar-refractivity contribution is 7.87. The monoisotopic (exact) mass is 224 g/mol. The maximum atomic E-state index is 11.0. The molecule has 0 aliphatic heterocycles. The number of hydrogen-bond donors (Lipinski definition) is 3. The molecule has 14 heavy (non-hydrogen) atoms. The lowest BCUT2D eigenvalue weighted by molar-refractivity contribution is -0.139. The van der Waals surface area contributed by atoms with Crippen LogP contribution in [0.3, 0.4) is 0 Å². The van der Waals surface area contributed by atoms with Crippen LogP contribution in [0.2, 0.25) is 0 Å². The first-order valence-electron chi connectivity index (χ1n) is 4.22. The lowest BCUT2D eigenvalue weighted by Crippen LogP contribution is -2.45. The Morgan fingerprint density at radius 1 is 1.43 bits per heavy atom. The van der Waals surface area contributed by atoms with Crippen molar-refractivity contribution in [3.63, 3.8) is 0 Å². The van der Waals surface area contributed by atoms with Gasteiger partial charge in [0, 0.05) is 7.05 Å². The Morgan fingerprint density at radius 2 is 1.93 bits per heavy atom. The van der Waals surface area contributed by atoms with Gasteiger partial charge in [0.15, 0.2) is 0 Å². The molecule has 0 radical (unpaired) electrons. The van der Waals surface area contributed by atoms with Gasteiger partial charge < -0.3 is 5.11 Å². The summed E-state index contributed by atoms with van der Waals surface area (Å²) in [4.78, 5) is 10.7. The zero-order chi connectivity index (χ0) is 11.4. The third kappa shape index (κ3) is 5.15. The maximum absolute atomic E-state index is 11.0. The molecule has 0 fully saturated rings. The summed E-state index contributed by atoms with van der Waals surface area (Å²) in [6.07, 6.45) is 0.260. The minimum absolute atomic E-state index is 0.107. The smallest absolute Gasteiger partial charge is 0.321 e. The Kier molecular flexibility index (Phi) is 5.03. The highest BCUT2D eigenvalue weighted by atomic mass is 32.2. The van der Waals surface area contributed by atoms with Gasteiger partial charge in [-0.05, 0) is 12.3 Å². The van der Waals surface area contributed by atoms with Gasteiger partial charge in [-0.3, -0.25) is 4.79 Å². The fourth-order valence-corrected chi connectivity index (χ4v) is 1.61. The van der Waals surface area contributed by atoms with E-state index in [0.717, 1.165) is 0 Å². The van der Waals surface area contributed by atoms with Crippen molar-refractivity contribution in [1.82, 2.24) is 9.44 Å². The molecule has 0 bridgehead atoms. The largest absolute Gasteiger partial charge is 0.480 e. The minimum Gasteiger partial charge on any atom is -0.480 e. The van der Waals surface area contributed by atoms with Crippen LogP contribution in [0, 0.1) is 5.92 Å². The van der Waals surface area contributed by atoms with E-state index in [1.807, 2.05) is 23.3 Å². The lowest BCUT2D eigenvalue weighted by Gasteiger charge is -2.15. The molecule has 0 aliphatic carbocycles. The summed E-state index contributed by atoms with van der Waals surface area (Å²) in [5, 5.41) is 8.73. The van der Waals surface area contributed by atoms with Crippen molar-refractivity contribution in [2.45, 2.75) is 26.3 Å². The maximum Gasteiger partial charge on any atom is 0.321 e. The Hall–Kier alpha value is -0.660. The molecule has 0 unspecified atom stereocenters. The molecule has 0 saturated carbocycles. The highest BCUT2D eigenvalue weighted by Crippen LogP contribution is 2.05. The summed E-state index contributed by atoms with van der Waals surface area (Å²) in [6, 6.07) is -1.08. The second-order valence-corrected chi connectivity index (χ2v) is 5.00. The van der Waals surface area contributed by atoms with Crippen LogP contribution in [0.1, 0.15) is 20.3 Å². The van der Waals surface area contributed by atoms with Crippen LogP contribution in [0.15, 0.2) is 0 Å². The Balaban J connectivity index is 4.46. The highest BCUT2D eigenvalue weighted by Gasteiger charge is 2.23. The van der Waals surface area contributed by atoms with Crippen LogP contribution in [-0.2, 0) is 15.0 Å². The molecule has 0 heterocycles. The number of rotatable bonds is 6. The van der Waals surface area contributed by atoms with Crippen molar-refractivity contribution in [1.29, 1.82) is 0 Å². The molecular formula is C7H16N2O4S. The van der Waals surface area contributed by atoms with Gasteiger partial charge in [-0.2, -0.15) is 13.1 Å². The van der Waals surface area contributed by atoms with E-state index in [4.69, 9.17) is 5.11 Å². The van der Waals surface area contributed by atoms with Crippen molar-refractivity contribution < 1.29 is 18.3 Å². The topological polar surface area (TPSA) is 95.5 Å². The first kappa shape index (κ1) is 13.3. The number of carbonyl (C=O) groups is 1. The average molecular weight is 224 g/mol. The van der Waals surface area contributed by atoms with E-state index in [0.29, 0.717) is 0 Å². The fourth-order valence-electron chi connectivity index (χ4n) is 0.917.